The molecule has 0 saturated carbocycles. The second-order valence-corrected chi connectivity index (χ2v) is 4.98. The van der Waals surface area contributed by atoms with Gasteiger partial charge in [0.15, 0.2) is 5.78 Å². The van der Waals surface area contributed by atoms with Crippen LogP contribution in [0.5, 0.6) is 0 Å². The largest absolute Gasteiger partial charge is 0.293 e. The van der Waals surface area contributed by atoms with E-state index in [1.165, 1.54) is 0 Å². The van der Waals surface area contributed by atoms with Crippen molar-refractivity contribution in [3.63, 3.8) is 0 Å². The van der Waals surface area contributed by atoms with E-state index in [9.17, 15) is 4.79 Å². The van der Waals surface area contributed by atoms with Gasteiger partial charge in [-0.15, -0.1) is 6.58 Å². The zero-order valence-corrected chi connectivity index (χ0v) is 11.2. The number of hydrogen-bond donors (Lipinski definition) is 0. The number of rotatable bonds is 5. The minimum absolute atomic E-state index is 0.118. The van der Waals surface area contributed by atoms with Gasteiger partial charge in [0, 0.05) is 5.56 Å². The molecule has 0 bridgehead atoms. The number of carbonyl (C=O) groups is 1. The molecule has 1 unspecified atom stereocenters. The molecule has 0 aliphatic carbocycles. The van der Waals surface area contributed by atoms with Crippen LogP contribution in [-0.2, 0) is 6.42 Å². The van der Waals surface area contributed by atoms with Crippen molar-refractivity contribution >= 4 is 5.78 Å². The van der Waals surface area contributed by atoms with Gasteiger partial charge < -0.3 is 0 Å². The fourth-order valence-electron chi connectivity index (χ4n) is 2.18. The Labute approximate surface area is 114 Å². The maximum atomic E-state index is 12.6. The molecule has 2 aromatic rings. The monoisotopic (exact) mass is 250 g/mol. The first-order valence-electron chi connectivity index (χ1n) is 6.43. The molecule has 96 valence electrons. The molecule has 0 saturated heterocycles. The van der Waals surface area contributed by atoms with E-state index in [1.807, 2.05) is 67.6 Å². The molecule has 0 heterocycles. The minimum Gasteiger partial charge on any atom is -0.293 e. The van der Waals surface area contributed by atoms with Crippen LogP contribution < -0.4 is 0 Å². The van der Waals surface area contributed by atoms with Crippen molar-refractivity contribution < 1.29 is 4.79 Å². The number of ketones is 1. The molecule has 0 aliphatic heterocycles. The SMILES string of the molecule is C=CC(C)(Cc1ccccc1)C(=O)c1ccccc1. The maximum Gasteiger partial charge on any atom is 0.172 e. The van der Waals surface area contributed by atoms with Gasteiger partial charge in [-0.1, -0.05) is 66.7 Å². The molecule has 0 fully saturated rings. The molecular weight excluding hydrogens is 232 g/mol. The molecule has 0 radical (unpaired) electrons. The quantitative estimate of drug-likeness (QED) is 0.571. The normalized spacial score (nSPS) is 13.5. The van der Waals surface area contributed by atoms with E-state index in [2.05, 4.69) is 6.58 Å². The predicted molar refractivity (Wildman–Crippen MR) is 79.2 cm³/mol. The highest BCUT2D eigenvalue weighted by atomic mass is 16.1. The summed E-state index contributed by atoms with van der Waals surface area (Å²) in [4.78, 5) is 12.6. The Kier molecular flexibility index (Phi) is 3.96. The molecule has 0 amide bonds. The number of benzene rings is 2. The van der Waals surface area contributed by atoms with E-state index in [0.717, 1.165) is 11.1 Å². The summed E-state index contributed by atoms with van der Waals surface area (Å²) in [6, 6.07) is 19.5. The Hall–Kier alpha value is -2.15. The average Bonchev–Trinajstić information content (AvgIpc) is 2.48. The van der Waals surface area contributed by atoms with Crippen LogP contribution in [0.25, 0.3) is 0 Å². The summed E-state index contributed by atoms with van der Waals surface area (Å²) >= 11 is 0. The lowest BCUT2D eigenvalue weighted by Crippen LogP contribution is -2.28. The van der Waals surface area contributed by atoms with Crippen molar-refractivity contribution in [1.82, 2.24) is 0 Å². The van der Waals surface area contributed by atoms with Crippen LogP contribution >= 0.6 is 0 Å². The Morgan fingerprint density at radius 3 is 2.11 bits per heavy atom. The fraction of sp³-hybridized carbons (Fsp3) is 0.167. The standard InChI is InChI=1S/C18H18O/c1-3-18(2,14-15-10-6-4-7-11-15)17(19)16-12-8-5-9-13-16/h3-13H,1,14H2,2H3. The summed E-state index contributed by atoms with van der Waals surface area (Å²) in [7, 11) is 0. The number of Topliss-reactive ketones (excluding diaryl/α,β-unsaturated/α-hetero) is 1. The predicted octanol–water partition coefficient (Wildman–Crippen LogP) is 4.30. The smallest absolute Gasteiger partial charge is 0.172 e. The van der Waals surface area contributed by atoms with E-state index in [1.54, 1.807) is 6.08 Å². The van der Waals surface area contributed by atoms with Gasteiger partial charge in [0.05, 0.1) is 5.41 Å². The van der Waals surface area contributed by atoms with Crippen molar-refractivity contribution in [2.45, 2.75) is 13.3 Å². The van der Waals surface area contributed by atoms with Crippen LogP contribution in [0.15, 0.2) is 73.3 Å². The molecule has 0 aromatic heterocycles. The highest BCUT2D eigenvalue weighted by Gasteiger charge is 2.30. The van der Waals surface area contributed by atoms with Crippen molar-refractivity contribution in [3.05, 3.63) is 84.4 Å². The molecule has 0 aliphatic rings. The zero-order chi connectivity index (χ0) is 13.7. The number of carbonyl (C=O) groups excluding carboxylic acids is 1. The summed E-state index contributed by atoms with van der Waals surface area (Å²) in [6.45, 7) is 5.80. The van der Waals surface area contributed by atoms with Gasteiger partial charge in [0.25, 0.3) is 0 Å². The van der Waals surface area contributed by atoms with E-state index in [4.69, 9.17) is 0 Å². The van der Waals surface area contributed by atoms with Crippen LogP contribution in [-0.4, -0.2) is 5.78 Å². The van der Waals surface area contributed by atoms with Crippen molar-refractivity contribution in [2.24, 2.45) is 5.41 Å². The highest BCUT2D eigenvalue weighted by Crippen LogP contribution is 2.28. The van der Waals surface area contributed by atoms with Crippen molar-refractivity contribution in [1.29, 1.82) is 0 Å². The Bertz CT molecular complexity index is 557. The lowest BCUT2D eigenvalue weighted by molar-refractivity contribution is 0.0869. The first-order valence-corrected chi connectivity index (χ1v) is 6.43. The van der Waals surface area contributed by atoms with Gasteiger partial charge in [-0.25, -0.2) is 0 Å². The molecule has 0 N–H and O–H groups in total. The summed E-state index contributed by atoms with van der Waals surface area (Å²) in [6.07, 6.45) is 2.43. The minimum atomic E-state index is -0.567. The topological polar surface area (TPSA) is 17.1 Å². The Morgan fingerprint density at radius 2 is 1.58 bits per heavy atom. The summed E-state index contributed by atoms with van der Waals surface area (Å²) in [5.41, 5.74) is 1.32. The van der Waals surface area contributed by atoms with Gasteiger partial charge in [-0.2, -0.15) is 0 Å². The molecule has 1 heteroatoms. The lowest BCUT2D eigenvalue weighted by Gasteiger charge is -2.24. The molecule has 19 heavy (non-hydrogen) atoms. The highest BCUT2D eigenvalue weighted by molar-refractivity contribution is 6.01. The molecule has 2 rings (SSSR count). The third-order valence-corrected chi connectivity index (χ3v) is 3.42. The molecule has 1 nitrogen and oxygen atoms in total. The zero-order valence-electron chi connectivity index (χ0n) is 11.2. The second-order valence-electron chi connectivity index (χ2n) is 4.98. The van der Waals surface area contributed by atoms with Gasteiger partial charge >= 0.3 is 0 Å². The maximum absolute atomic E-state index is 12.6. The molecule has 2 aromatic carbocycles. The lowest BCUT2D eigenvalue weighted by atomic mass is 9.77. The van der Waals surface area contributed by atoms with Gasteiger partial charge in [-0.05, 0) is 18.9 Å². The van der Waals surface area contributed by atoms with E-state index in [0.29, 0.717) is 6.42 Å². The van der Waals surface area contributed by atoms with E-state index in [-0.39, 0.29) is 5.78 Å². The van der Waals surface area contributed by atoms with Gasteiger partial charge in [0.2, 0.25) is 0 Å². The summed E-state index contributed by atoms with van der Waals surface area (Å²) in [5.74, 6) is 0.118. The van der Waals surface area contributed by atoms with Crippen molar-refractivity contribution in [3.8, 4) is 0 Å². The second kappa shape index (κ2) is 5.66. The van der Waals surface area contributed by atoms with Gasteiger partial charge in [0.1, 0.15) is 0 Å². The molecular formula is C18H18O. The number of allylic oxidation sites excluding steroid dienone is 1. The molecule has 0 spiro atoms. The Balaban J connectivity index is 2.28. The van der Waals surface area contributed by atoms with Crippen molar-refractivity contribution in [2.75, 3.05) is 0 Å². The molecule has 1 atom stereocenters. The van der Waals surface area contributed by atoms with Gasteiger partial charge in [-0.3, -0.25) is 4.79 Å². The van der Waals surface area contributed by atoms with Crippen LogP contribution in [0.2, 0.25) is 0 Å². The third kappa shape index (κ3) is 3.00. The third-order valence-electron chi connectivity index (χ3n) is 3.42. The van der Waals surface area contributed by atoms with Crippen LogP contribution in [0.1, 0.15) is 22.8 Å². The summed E-state index contributed by atoms with van der Waals surface area (Å²) < 4.78 is 0. The average molecular weight is 250 g/mol. The summed E-state index contributed by atoms with van der Waals surface area (Å²) in [5, 5.41) is 0. The van der Waals surface area contributed by atoms with E-state index >= 15 is 0 Å². The van der Waals surface area contributed by atoms with Crippen LogP contribution in [0.4, 0.5) is 0 Å². The van der Waals surface area contributed by atoms with Crippen LogP contribution in [0, 0.1) is 5.41 Å². The first kappa shape index (κ1) is 13.3. The fourth-order valence-corrected chi connectivity index (χ4v) is 2.18. The van der Waals surface area contributed by atoms with E-state index < -0.39 is 5.41 Å². The Morgan fingerprint density at radius 1 is 1.05 bits per heavy atom. The van der Waals surface area contributed by atoms with Crippen LogP contribution in [0.3, 0.4) is 0 Å². The first-order chi connectivity index (χ1) is 9.15. The number of hydrogen-bond acceptors (Lipinski definition) is 1.